The summed E-state index contributed by atoms with van der Waals surface area (Å²) in [6.07, 6.45) is -8.82. The first kappa shape index (κ1) is 13.8. The lowest BCUT2D eigenvalue weighted by Gasteiger charge is -2.17. The minimum atomic E-state index is -2.57. The smallest absolute Gasteiger partial charge is 0.351 e. The third-order valence-electron chi connectivity index (χ3n) is 2.75. The van der Waals surface area contributed by atoms with Crippen LogP contribution < -0.4 is 11.4 Å². The number of aromatic nitrogens is 2. The molecule has 1 fully saturated rings. The zero-order valence-corrected chi connectivity index (χ0v) is 9.35. The molecule has 1 saturated heterocycles. The number of nitrogens with zero attached hydrogens (tertiary/aromatic N) is 2. The molecular formula is C9H11F2N3O5. The summed E-state index contributed by atoms with van der Waals surface area (Å²) < 4.78 is 31.3. The molecule has 2 rings (SSSR count). The van der Waals surface area contributed by atoms with Gasteiger partial charge in [0.1, 0.15) is 18.3 Å². The van der Waals surface area contributed by atoms with Crippen molar-refractivity contribution < 1.29 is 28.8 Å². The van der Waals surface area contributed by atoms with Crippen molar-refractivity contribution in [2.75, 3.05) is 5.73 Å². The van der Waals surface area contributed by atoms with E-state index >= 15 is 0 Å². The lowest BCUT2D eigenvalue weighted by molar-refractivity contribution is -0.131. The van der Waals surface area contributed by atoms with E-state index in [4.69, 9.17) is 15.6 Å². The fourth-order valence-electron chi connectivity index (χ4n) is 1.78. The number of nitrogens with two attached hydrogens (primary N) is 1. The summed E-state index contributed by atoms with van der Waals surface area (Å²) >= 11 is 0. The SMILES string of the molecule is Nc1nc(=O)n([C@@H]2O[C@H](C(O)F)[C@@H](O)[C@H]2O)cc1F. The van der Waals surface area contributed by atoms with Crippen molar-refractivity contribution >= 4 is 5.82 Å². The van der Waals surface area contributed by atoms with Crippen LogP contribution in [0.4, 0.5) is 14.6 Å². The van der Waals surface area contributed by atoms with E-state index in [9.17, 15) is 23.8 Å². The Morgan fingerprint density at radius 1 is 1.47 bits per heavy atom. The third-order valence-corrected chi connectivity index (χ3v) is 2.75. The maximum Gasteiger partial charge on any atom is 0.351 e. The Morgan fingerprint density at radius 3 is 2.63 bits per heavy atom. The molecule has 0 amide bonds. The van der Waals surface area contributed by atoms with Gasteiger partial charge in [-0.25, -0.2) is 13.6 Å². The highest BCUT2D eigenvalue weighted by Crippen LogP contribution is 2.30. The number of aliphatic hydroxyl groups excluding tert-OH is 3. The van der Waals surface area contributed by atoms with E-state index in [0.29, 0.717) is 10.8 Å². The zero-order chi connectivity index (χ0) is 14.3. The average Bonchev–Trinajstić information content (AvgIpc) is 2.62. The van der Waals surface area contributed by atoms with E-state index < -0.39 is 48.2 Å². The van der Waals surface area contributed by atoms with Crippen molar-refractivity contribution in [1.82, 2.24) is 9.55 Å². The predicted molar refractivity (Wildman–Crippen MR) is 55.9 cm³/mol. The van der Waals surface area contributed by atoms with Crippen LogP contribution in [0.15, 0.2) is 11.0 Å². The zero-order valence-electron chi connectivity index (χ0n) is 9.35. The van der Waals surface area contributed by atoms with Gasteiger partial charge in [-0.1, -0.05) is 0 Å². The van der Waals surface area contributed by atoms with Crippen molar-refractivity contribution in [1.29, 1.82) is 0 Å². The van der Waals surface area contributed by atoms with Gasteiger partial charge in [0.2, 0.25) is 6.36 Å². The fraction of sp³-hybridized carbons (Fsp3) is 0.556. The van der Waals surface area contributed by atoms with E-state index in [2.05, 4.69) is 4.98 Å². The van der Waals surface area contributed by atoms with Crippen LogP contribution in [-0.4, -0.2) is 49.5 Å². The minimum Gasteiger partial charge on any atom is -0.387 e. The first-order valence-corrected chi connectivity index (χ1v) is 5.21. The fourth-order valence-corrected chi connectivity index (χ4v) is 1.78. The Balaban J connectivity index is 2.38. The van der Waals surface area contributed by atoms with Gasteiger partial charge in [0.05, 0.1) is 6.20 Å². The molecule has 5 N–H and O–H groups in total. The van der Waals surface area contributed by atoms with Crippen molar-refractivity contribution in [3.05, 3.63) is 22.5 Å². The van der Waals surface area contributed by atoms with Crippen LogP contribution in [-0.2, 0) is 4.74 Å². The van der Waals surface area contributed by atoms with Gasteiger partial charge in [0.25, 0.3) is 0 Å². The predicted octanol–water partition coefficient (Wildman–Crippen LogP) is -2.13. The van der Waals surface area contributed by atoms with Crippen LogP contribution in [0.3, 0.4) is 0 Å². The summed E-state index contributed by atoms with van der Waals surface area (Å²) in [5.74, 6) is -1.69. The second kappa shape index (κ2) is 4.81. The molecule has 0 aliphatic carbocycles. The molecule has 1 aliphatic rings. The molecule has 0 saturated carbocycles. The van der Waals surface area contributed by atoms with Gasteiger partial charge in [-0.3, -0.25) is 4.57 Å². The standard InChI is InChI=1S/C9H11F2N3O5/c10-2-1-14(9(18)13-7(2)12)8-4(16)3(15)5(19-8)6(11)17/h1,3-6,8,15-17H,(H2,12,13,18)/t3-,4+,5-,6?,8+/m0/s1. The van der Waals surface area contributed by atoms with Crippen LogP contribution in [0.5, 0.6) is 0 Å². The summed E-state index contributed by atoms with van der Waals surface area (Å²) in [4.78, 5) is 14.6. The molecule has 0 radical (unpaired) electrons. The van der Waals surface area contributed by atoms with Crippen molar-refractivity contribution in [2.45, 2.75) is 30.9 Å². The van der Waals surface area contributed by atoms with Gasteiger partial charge in [0, 0.05) is 0 Å². The molecule has 8 nitrogen and oxygen atoms in total. The Bertz CT molecular complexity index is 537. The number of hydrogen-bond acceptors (Lipinski definition) is 7. The van der Waals surface area contributed by atoms with E-state index in [-0.39, 0.29) is 0 Å². The Kier molecular flexibility index (Phi) is 3.49. The first-order valence-electron chi connectivity index (χ1n) is 5.21. The van der Waals surface area contributed by atoms with Gasteiger partial charge in [-0.15, -0.1) is 0 Å². The molecule has 0 spiro atoms. The van der Waals surface area contributed by atoms with Crippen LogP contribution in [0.1, 0.15) is 6.23 Å². The maximum atomic E-state index is 13.2. The van der Waals surface area contributed by atoms with Crippen LogP contribution >= 0.6 is 0 Å². The minimum absolute atomic E-state index is 0.516. The molecular weight excluding hydrogens is 268 g/mol. The second-order valence-corrected chi connectivity index (χ2v) is 4.01. The molecule has 1 aromatic rings. The number of nitrogen functional groups attached to an aromatic ring is 1. The van der Waals surface area contributed by atoms with Crippen molar-refractivity contribution in [2.24, 2.45) is 0 Å². The molecule has 1 aliphatic heterocycles. The highest BCUT2D eigenvalue weighted by Gasteiger charge is 2.47. The van der Waals surface area contributed by atoms with Crippen LogP contribution in [0.2, 0.25) is 0 Å². The molecule has 1 unspecified atom stereocenters. The summed E-state index contributed by atoms with van der Waals surface area (Å²) in [5, 5.41) is 27.8. The quantitative estimate of drug-likeness (QED) is 0.486. The summed E-state index contributed by atoms with van der Waals surface area (Å²) in [7, 11) is 0. The molecule has 106 valence electrons. The highest BCUT2D eigenvalue weighted by atomic mass is 19.1. The van der Waals surface area contributed by atoms with Gasteiger partial charge in [0.15, 0.2) is 17.9 Å². The van der Waals surface area contributed by atoms with E-state index in [1.807, 2.05) is 0 Å². The van der Waals surface area contributed by atoms with Gasteiger partial charge in [-0.2, -0.15) is 4.98 Å². The summed E-state index contributed by atoms with van der Waals surface area (Å²) in [5.41, 5.74) is 4.02. The Hall–Kier alpha value is -1.62. The molecule has 0 bridgehead atoms. The summed E-state index contributed by atoms with van der Waals surface area (Å²) in [6, 6.07) is 0. The number of aliphatic hydroxyl groups is 3. The van der Waals surface area contributed by atoms with Crippen molar-refractivity contribution in [3.8, 4) is 0 Å². The lowest BCUT2D eigenvalue weighted by Crippen LogP contribution is -2.37. The first-order chi connectivity index (χ1) is 8.82. The van der Waals surface area contributed by atoms with E-state index in [1.54, 1.807) is 0 Å². The van der Waals surface area contributed by atoms with Crippen LogP contribution in [0.25, 0.3) is 0 Å². The molecule has 5 atom stereocenters. The summed E-state index contributed by atoms with van der Waals surface area (Å²) in [6.45, 7) is 0. The number of alkyl halides is 1. The maximum absolute atomic E-state index is 13.2. The second-order valence-electron chi connectivity index (χ2n) is 4.01. The molecule has 2 heterocycles. The lowest BCUT2D eigenvalue weighted by atomic mass is 10.1. The largest absolute Gasteiger partial charge is 0.387 e. The Morgan fingerprint density at radius 2 is 2.11 bits per heavy atom. The molecule has 0 aromatic carbocycles. The number of hydrogen-bond donors (Lipinski definition) is 4. The molecule has 1 aromatic heterocycles. The van der Waals surface area contributed by atoms with Gasteiger partial charge in [-0.05, 0) is 0 Å². The molecule has 10 heteroatoms. The third kappa shape index (κ3) is 2.30. The topological polar surface area (TPSA) is 131 Å². The van der Waals surface area contributed by atoms with Crippen molar-refractivity contribution in [3.63, 3.8) is 0 Å². The average molecular weight is 279 g/mol. The number of halogens is 2. The number of anilines is 1. The van der Waals surface area contributed by atoms with E-state index in [1.165, 1.54) is 0 Å². The number of rotatable bonds is 2. The Labute approximate surface area is 104 Å². The van der Waals surface area contributed by atoms with Gasteiger partial charge >= 0.3 is 5.69 Å². The molecule has 19 heavy (non-hydrogen) atoms. The number of ether oxygens (including phenoxy) is 1. The van der Waals surface area contributed by atoms with Crippen LogP contribution in [0, 0.1) is 5.82 Å². The normalized spacial score (nSPS) is 32.5. The van der Waals surface area contributed by atoms with E-state index in [0.717, 1.165) is 0 Å². The monoisotopic (exact) mass is 279 g/mol. The highest BCUT2D eigenvalue weighted by molar-refractivity contribution is 5.26. The van der Waals surface area contributed by atoms with Gasteiger partial charge < -0.3 is 25.8 Å².